The lowest BCUT2D eigenvalue weighted by Gasteiger charge is -2.25. The molecule has 3 nitrogen and oxygen atoms in total. The van der Waals surface area contributed by atoms with Gasteiger partial charge in [-0.05, 0) is 30.5 Å². The first kappa shape index (κ1) is 10.5. The van der Waals surface area contributed by atoms with Crippen molar-refractivity contribution in [2.45, 2.75) is 12.8 Å². The molecule has 1 aliphatic rings. The number of rotatable bonds is 3. The van der Waals surface area contributed by atoms with Crippen LogP contribution in [-0.2, 0) is 11.2 Å². The van der Waals surface area contributed by atoms with Gasteiger partial charge >= 0.3 is 0 Å². The van der Waals surface area contributed by atoms with Crippen LogP contribution < -0.4 is 5.73 Å². The molecule has 1 fully saturated rings. The van der Waals surface area contributed by atoms with E-state index in [1.165, 1.54) is 0 Å². The van der Waals surface area contributed by atoms with Crippen LogP contribution in [0, 0.1) is 5.41 Å². The molecule has 1 aromatic rings. The predicted molar refractivity (Wildman–Crippen MR) is 58.7 cm³/mol. The molecule has 3 N–H and O–H groups in total. The second-order valence-corrected chi connectivity index (χ2v) is 4.35. The molecule has 1 unspecified atom stereocenters. The molecular formula is C12H17NO2. The van der Waals surface area contributed by atoms with Crippen LogP contribution in [0.25, 0.3) is 0 Å². The van der Waals surface area contributed by atoms with E-state index in [1.807, 2.05) is 12.1 Å². The molecule has 1 atom stereocenters. The van der Waals surface area contributed by atoms with Gasteiger partial charge in [-0.1, -0.05) is 12.1 Å². The molecule has 0 aliphatic carbocycles. The summed E-state index contributed by atoms with van der Waals surface area (Å²) in [7, 11) is 0. The minimum atomic E-state index is 0.0772. The second-order valence-electron chi connectivity index (χ2n) is 4.35. The smallest absolute Gasteiger partial charge is 0.115 e. The first-order chi connectivity index (χ1) is 7.24. The second kappa shape index (κ2) is 4.21. The average molecular weight is 207 g/mol. The van der Waals surface area contributed by atoms with E-state index >= 15 is 0 Å². The molecule has 0 aromatic heterocycles. The zero-order chi connectivity index (χ0) is 10.7. The fourth-order valence-electron chi connectivity index (χ4n) is 2.12. The Bertz CT molecular complexity index is 332. The number of phenols is 1. The van der Waals surface area contributed by atoms with E-state index in [4.69, 9.17) is 10.5 Å². The van der Waals surface area contributed by atoms with Gasteiger partial charge in [0, 0.05) is 18.6 Å². The van der Waals surface area contributed by atoms with Gasteiger partial charge in [0.2, 0.25) is 0 Å². The first-order valence-corrected chi connectivity index (χ1v) is 5.30. The van der Waals surface area contributed by atoms with Crippen LogP contribution in [0.5, 0.6) is 5.75 Å². The van der Waals surface area contributed by atoms with E-state index in [0.29, 0.717) is 12.3 Å². The van der Waals surface area contributed by atoms with E-state index in [-0.39, 0.29) is 5.41 Å². The largest absolute Gasteiger partial charge is 0.508 e. The topological polar surface area (TPSA) is 55.5 Å². The number of phenolic OH excluding ortho intramolecular Hbond substituents is 1. The first-order valence-electron chi connectivity index (χ1n) is 5.30. The molecular weight excluding hydrogens is 190 g/mol. The van der Waals surface area contributed by atoms with E-state index in [1.54, 1.807) is 12.1 Å². The van der Waals surface area contributed by atoms with Crippen LogP contribution in [0.2, 0.25) is 0 Å². The SMILES string of the molecule is NCC1(Cc2cccc(O)c2)CCOC1. The van der Waals surface area contributed by atoms with E-state index in [2.05, 4.69) is 0 Å². The molecule has 2 rings (SSSR count). The number of hydrogen-bond donors (Lipinski definition) is 2. The van der Waals surface area contributed by atoms with Crippen molar-refractivity contribution >= 4 is 0 Å². The molecule has 3 heteroatoms. The lowest BCUT2D eigenvalue weighted by molar-refractivity contribution is 0.154. The van der Waals surface area contributed by atoms with E-state index in [0.717, 1.165) is 31.6 Å². The van der Waals surface area contributed by atoms with Crippen LogP contribution in [-0.4, -0.2) is 24.9 Å². The Morgan fingerprint density at radius 3 is 2.93 bits per heavy atom. The third kappa shape index (κ3) is 2.30. The van der Waals surface area contributed by atoms with Crippen molar-refractivity contribution in [3.8, 4) is 5.75 Å². The molecule has 1 saturated heterocycles. The predicted octanol–water partition coefficient (Wildman–Crippen LogP) is 1.30. The zero-order valence-electron chi connectivity index (χ0n) is 8.78. The summed E-state index contributed by atoms with van der Waals surface area (Å²) in [5, 5.41) is 9.38. The van der Waals surface area contributed by atoms with Gasteiger partial charge < -0.3 is 15.6 Å². The van der Waals surface area contributed by atoms with Crippen LogP contribution in [0.4, 0.5) is 0 Å². The van der Waals surface area contributed by atoms with E-state index in [9.17, 15) is 5.11 Å². The standard InChI is InChI=1S/C12H17NO2/c13-8-12(4-5-15-9-12)7-10-2-1-3-11(14)6-10/h1-3,6,14H,4-5,7-9,13H2. The Balaban J connectivity index is 2.12. The Morgan fingerprint density at radius 1 is 1.47 bits per heavy atom. The number of aromatic hydroxyl groups is 1. The number of nitrogens with two attached hydrogens (primary N) is 1. The Hall–Kier alpha value is -1.06. The highest BCUT2D eigenvalue weighted by atomic mass is 16.5. The van der Waals surface area contributed by atoms with Crippen LogP contribution >= 0.6 is 0 Å². The lowest BCUT2D eigenvalue weighted by Crippen LogP contribution is -2.33. The maximum absolute atomic E-state index is 9.38. The summed E-state index contributed by atoms with van der Waals surface area (Å²) in [6.45, 7) is 2.18. The highest BCUT2D eigenvalue weighted by Crippen LogP contribution is 2.32. The Morgan fingerprint density at radius 2 is 2.33 bits per heavy atom. The zero-order valence-corrected chi connectivity index (χ0v) is 8.78. The molecule has 1 aromatic carbocycles. The maximum atomic E-state index is 9.38. The van der Waals surface area contributed by atoms with Gasteiger partial charge in [-0.15, -0.1) is 0 Å². The highest BCUT2D eigenvalue weighted by Gasteiger charge is 2.33. The molecule has 0 radical (unpaired) electrons. The van der Waals surface area contributed by atoms with Crippen molar-refractivity contribution in [2.75, 3.05) is 19.8 Å². The lowest BCUT2D eigenvalue weighted by atomic mass is 9.81. The number of hydrogen-bond acceptors (Lipinski definition) is 3. The maximum Gasteiger partial charge on any atom is 0.115 e. The van der Waals surface area contributed by atoms with Gasteiger partial charge in [-0.25, -0.2) is 0 Å². The third-order valence-electron chi connectivity index (χ3n) is 3.11. The molecule has 0 bridgehead atoms. The quantitative estimate of drug-likeness (QED) is 0.785. The van der Waals surface area contributed by atoms with Crippen molar-refractivity contribution in [1.82, 2.24) is 0 Å². The number of ether oxygens (including phenoxy) is 1. The molecule has 1 aliphatic heterocycles. The monoisotopic (exact) mass is 207 g/mol. The number of benzene rings is 1. The third-order valence-corrected chi connectivity index (χ3v) is 3.11. The van der Waals surface area contributed by atoms with Gasteiger partial charge in [-0.2, -0.15) is 0 Å². The van der Waals surface area contributed by atoms with Crippen LogP contribution in [0.1, 0.15) is 12.0 Å². The van der Waals surface area contributed by atoms with Crippen molar-refractivity contribution < 1.29 is 9.84 Å². The van der Waals surface area contributed by atoms with Gasteiger partial charge in [0.05, 0.1) is 6.61 Å². The highest BCUT2D eigenvalue weighted by molar-refractivity contribution is 5.28. The Kier molecular flexibility index (Phi) is 2.93. The summed E-state index contributed by atoms with van der Waals surface area (Å²) in [4.78, 5) is 0. The summed E-state index contributed by atoms with van der Waals surface area (Å²) in [6, 6.07) is 7.37. The van der Waals surface area contributed by atoms with Gasteiger partial charge in [-0.3, -0.25) is 0 Å². The summed E-state index contributed by atoms with van der Waals surface area (Å²) in [5.74, 6) is 0.318. The summed E-state index contributed by atoms with van der Waals surface area (Å²) in [5.41, 5.74) is 7.02. The van der Waals surface area contributed by atoms with Gasteiger partial charge in [0.25, 0.3) is 0 Å². The molecule has 82 valence electrons. The fraction of sp³-hybridized carbons (Fsp3) is 0.500. The van der Waals surface area contributed by atoms with Gasteiger partial charge in [0.15, 0.2) is 0 Å². The van der Waals surface area contributed by atoms with Crippen molar-refractivity contribution in [3.05, 3.63) is 29.8 Å². The van der Waals surface area contributed by atoms with Crippen molar-refractivity contribution in [1.29, 1.82) is 0 Å². The Labute approximate surface area is 89.9 Å². The minimum Gasteiger partial charge on any atom is -0.508 e. The minimum absolute atomic E-state index is 0.0772. The summed E-state index contributed by atoms with van der Waals surface area (Å²) < 4.78 is 5.41. The molecule has 1 heterocycles. The van der Waals surface area contributed by atoms with Crippen molar-refractivity contribution in [2.24, 2.45) is 11.1 Å². The van der Waals surface area contributed by atoms with Gasteiger partial charge in [0.1, 0.15) is 5.75 Å². The molecule has 0 amide bonds. The fourth-order valence-corrected chi connectivity index (χ4v) is 2.12. The average Bonchev–Trinajstić information content (AvgIpc) is 2.67. The molecule has 0 saturated carbocycles. The summed E-state index contributed by atoms with van der Waals surface area (Å²) >= 11 is 0. The summed E-state index contributed by atoms with van der Waals surface area (Å²) in [6.07, 6.45) is 1.90. The van der Waals surface area contributed by atoms with E-state index < -0.39 is 0 Å². The molecule has 0 spiro atoms. The normalized spacial score (nSPS) is 25.7. The molecule has 15 heavy (non-hydrogen) atoms. The van der Waals surface area contributed by atoms with Crippen LogP contribution in [0.15, 0.2) is 24.3 Å². The van der Waals surface area contributed by atoms with Crippen molar-refractivity contribution in [3.63, 3.8) is 0 Å². The van der Waals surface area contributed by atoms with Crippen LogP contribution in [0.3, 0.4) is 0 Å².